The van der Waals surface area contributed by atoms with E-state index >= 15 is 0 Å². The number of piperidine rings is 1. The number of rotatable bonds is 8. The molecule has 218 valence electrons. The minimum absolute atomic E-state index is 0.150. The van der Waals surface area contributed by atoms with Gasteiger partial charge >= 0.3 is 6.03 Å². The Morgan fingerprint density at radius 1 is 1.02 bits per heavy atom. The number of amides is 2. The van der Waals surface area contributed by atoms with Gasteiger partial charge in [0.15, 0.2) is 0 Å². The minimum Gasteiger partial charge on any atom is -0.495 e. The number of methoxy groups -OCH3 is 2. The lowest BCUT2D eigenvalue weighted by molar-refractivity contribution is 0.150. The first-order valence-corrected chi connectivity index (χ1v) is 14.0. The second kappa shape index (κ2) is 12.1. The Hall–Kier alpha value is -3.67. The maximum absolute atomic E-state index is 13.2. The third-order valence-corrected chi connectivity index (χ3v) is 8.47. The van der Waals surface area contributed by atoms with Crippen molar-refractivity contribution in [3.05, 3.63) is 46.7 Å². The second-order valence-electron chi connectivity index (χ2n) is 10.2. The summed E-state index contributed by atoms with van der Waals surface area (Å²) in [6, 6.07) is 9.01. The van der Waals surface area contributed by atoms with E-state index < -0.39 is 6.03 Å². The molecule has 5 rings (SSSR count). The smallest absolute Gasteiger partial charge is 0.327 e. The van der Waals surface area contributed by atoms with Crippen LogP contribution < -0.4 is 40.5 Å². The zero-order valence-corrected chi connectivity index (χ0v) is 25.0. The summed E-state index contributed by atoms with van der Waals surface area (Å²) in [5.41, 5.74) is 3.60. The predicted octanol–water partition coefficient (Wildman–Crippen LogP) is 5.44. The Balaban J connectivity index is 1.29. The Kier molecular flexibility index (Phi) is 8.48. The monoisotopic (exact) mass is 600 g/mol. The summed E-state index contributed by atoms with van der Waals surface area (Å²) in [6.07, 6.45) is 3.86. The van der Waals surface area contributed by atoms with Crippen molar-refractivity contribution in [1.82, 2.24) is 15.3 Å². The van der Waals surface area contributed by atoms with Gasteiger partial charge in [-0.1, -0.05) is 23.2 Å². The van der Waals surface area contributed by atoms with Gasteiger partial charge in [-0.05, 0) is 44.1 Å². The maximum atomic E-state index is 13.2. The minimum atomic E-state index is -0.518. The van der Waals surface area contributed by atoms with E-state index in [9.17, 15) is 4.79 Å². The van der Waals surface area contributed by atoms with Crippen LogP contribution in [0.1, 0.15) is 12.8 Å². The van der Waals surface area contributed by atoms with Gasteiger partial charge in [0.1, 0.15) is 39.5 Å². The molecule has 1 aromatic heterocycles. The van der Waals surface area contributed by atoms with Gasteiger partial charge in [-0.3, -0.25) is 4.90 Å². The number of carbonyl (C=O) groups excluding carboxylic acids is 1. The van der Waals surface area contributed by atoms with Crippen LogP contribution in [0.3, 0.4) is 0 Å². The van der Waals surface area contributed by atoms with Crippen LogP contribution in [0.4, 0.5) is 39.2 Å². The predicted molar refractivity (Wildman–Crippen MR) is 165 cm³/mol. The summed E-state index contributed by atoms with van der Waals surface area (Å²) < 4.78 is 10.6. The number of nitrogens with one attached hydrogen (secondary N) is 4. The highest BCUT2D eigenvalue weighted by molar-refractivity contribution is 6.41. The number of hydrogen-bond acceptors (Lipinski definition) is 9. The van der Waals surface area contributed by atoms with Crippen LogP contribution in [0.2, 0.25) is 10.0 Å². The Bertz CT molecular complexity index is 1400. The number of nitrogens with zero attached hydrogens (tertiary/aromatic N) is 4. The van der Waals surface area contributed by atoms with E-state index in [0.717, 1.165) is 37.6 Å². The molecule has 2 aliphatic rings. The molecule has 0 aliphatic carbocycles. The van der Waals surface area contributed by atoms with Crippen LogP contribution in [-0.2, 0) is 0 Å². The van der Waals surface area contributed by atoms with Crippen LogP contribution in [-0.4, -0.2) is 70.5 Å². The van der Waals surface area contributed by atoms with Crippen LogP contribution in [0, 0.1) is 5.41 Å². The molecule has 2 aliphatic heterocycles. The van der Waals surface area contributed by atoms with Crippen molar-refractivity contribution >= 4 is 63.6 Å². The average molecular weight is 602 g/mol. The Morgan fingerprint density at radius 3 is 2.34 bits per heavy atom. The number of hydrogen-bond donors (Lipinski definition) is 4. The molecular formula is C28H34Cl2N8O3. The van der Waals surface area contributed by atoms with Gasteiger partial charge in [0.05, 0.1) is 31.3 Å². The molecule has 0 saturated carbocycles. The number of ether oxygens (including phenoxy) is 2. The zero-order chi connectivity index (χ0) is 29.1. The quantitative estimate of drug-likeness (QED) is 0.268. The van der Waals surface area contributed by atoms with Crippen molar-refractivity contribution in [2.45, 2.75) is 12.8 Å². The fourth-order valence-electron chi connectivity index (χ4n) is 5.29. The van der Waals surface area contributed by atoms with Crippen molar-refractivity contribution in [2.24, 2.45) is 5.41 Å². The Labute approximate surface area is 249 Å². The van der Waals surface area contributed by atoms with Gasteiger partial charge in [-0.2, -0.15) is 0 Å². The molecule has 11 nitrogen and oxygen atoms in total. The van der Waals surface area contributed by atoms with Crippen molar-refractivity contribution in [2.75, 3.05) is 80.2 Å². The number of halogens is 2. The summed E-state index contributed by atoms with van der Waals surface area (Å²) in [6.45, 7) is 4.39. The second-order valence-corrected chi connectivity index (χ2v) is 11.0. The maximum Gasteiger partial charge on any atom is 0.327 e. The highest BCUT2D eigenvalue weighted by Gasteiger charge is 2.43. The molecule has 0 bridgehead atoms. The van der Waals surface area contributed by atoms with Crippen molar-refractivity contribution < 1.29 is 14.3 Å². The first-order valence-electron chi connectivity index (χ1n) is 13.3. The fourth-order valence-corrected chi connectivity index (χ4v) is 5.89. The molecule has 1 spiro atoms. The van der Waals surface area contributed by atoms with E-state index in [1.807, 2.05) is 13.1 Å². The van der Waals surface area contributed by atoms with E-state index in [2.05, 4.69) is 48.3 Å². The van der Waals surface area contributed by atoms with Gasteiger partial charge in [0, 0.05) is 50.4 Å². The third-order valence-electron chi connectivity index (χ3n) is 7.72. The molecular weight excluding hydrogens is 567 g/mol. The number of urea groups is 1. The third kappa shape index (κ3) is 5.88. The Morgan fingerprint density at radius 2 is 1.71 bits per heavy atom. The first kappa shape index (κ1) is 28.8. The van der Waals surface area contributed by atoms with Gasteiger partial charge in [0.25, 0.3) is 0 Å². The number of carbonyl (C=O) groups is 1. The lowest BCUT2D eigenvalue weighted by Crippen LogP contribution is -2.60. The number of benzene rings is 2. The number of aromatic nitrogens is 2. The normalized spacial score (nSPS) is 15.6. The van der Waals surface area contributed by atoms with Crippen molar-refractivity contribution in [1.29, 1.82) is 0 Å². The average Bonchev–Trinajstić information content (AvgIpc) is 2.98. The lowest BCUT2D eigenvalue weighted by atomic mass is 9.72. The molecule has 3 aromatic rings. The summed E-state index contributed by atoms with van der Waals surface area (Å²) in [5, 5.41) is 13.1. The standard InChI is InChI=1S/C28H34Cl2N8O3/c1-31-19-11-17(38-14-28(15-38)7-9-32-10-8-28)5-6-18(19)35-22-13-23(34-16-33-22)37(2)27(39)36-26-24(29)20(40-3)12-21(41-4)25(26)30/h5-6,11-13,16,31-32H,7-10,14-15H2,1-4H3,(H,36,39)(H,33,34,35). The molecule has 0 atom stereocenters. The first-order chi connectivity index (χ1) is 19.8. The summed E-state index contributed by atoms with van der Waals surface area (Å²) in [7, 11) is 6.40. The van der Waals surface area contributed by atoms with E-state index in [1.165, 1.54) is 44.0 Å². The molecule has 0 radical (unpaired) electrons. The molecule has 4 N–H and O–H groups in total. The van der Waals surface area contributed by atoms with E-state index in [1.54, 1.807) is 19.2 Å². The van der Waals surface area contributed by atoms with E-state index in [-0.39, 0.29) is 15.7 Å². The van der Waals surface area contributed by atoms with Gasteiger partial charge in [-0.25, -0.2) is 14.8 Å². The molecule has 2 aromatic carbocycles. The lowest BCUT2D eigenvalue weighted by Gasteiger charge is -2.53. The van der Waals surface area contributed by atoms with Crippen LogP contribution in [0.5, 0.6) is 11.5 Å². The molecule has 2 fully saturated rings. The van der Waals surface area contributed by atoms with E-state index in [4.69, 9.17) is 32.7 Å². The molecule has 0 unspecified atom stereocenters. The SMILES string of the molecule is CNc1cc(N2CC3(CCNCC3)C2)ccc1Nc1cc(N(C)C(=O)Nc2c(Cl)c(OC)cc(OC)c2Cl)ncn1. The number of anilines is 6. The van der Waals surface area contributed by atoms with Gasteiger partial charge < -0.3 is 35.6 Å². The fraction of sp³-hybridized carbons (Fsp3) is 0.393. The van der Waals surface area contributed by atoms with Crippen LogP contribution >= 0.6 is 23.2 Å². The van der Waals surface area contributed by atoms with Crippen molar-refractivity contribution in [3.8, 4) is 11.5 Å². The van der Waals surface area contributed by atoms with E-state index in [0.29, 0.717) is 28.5 Å². The molecule has 41 heavy (non-hydrogen) atoms. The highest BCUT2D eigenvalue weighted by Crippen LogP contribution is 2.45. The molecule has 13 heteroatoms. The summed E-state index contributed by atoms with van der Waals surface area (Å²) in [4.78, 5) is 25.5. The van der Waals surface area contributed by atoms with Crippen LogP contribution in [0.15, 0.2) is 36.7 Å². The van der Waals surface area contributed by atoms with Crippen LogP contribution in [0.25, 0.3) is 0 Å². The zero-order valence-electron chi connectivity index (χ0n) is 23.5. The highest BCUT2D eigenvalue weighted by atomic mass is 35.5. The molecule has 2 saturated heterocycles. The molecule has 3 heterocycles. The summed E-state index contributed by atoms with van der Waals surface area (Å²) >= 11 is 12.8. The topological polar surface area (TPSA) is 116 Å². The largest absolute Gasteiger partial charge is 0.495 e. The van der Waals surface area contributed by atoms with Gasteiger partial charge in [-0.15, -0.1) is 0 Å². The molecule has 2 amide bonds. The van der Waals surface area contributed by atoms with Crippen molar-refractivity contribution in [3.63, 3.8) is 0 Å². The summed E-state index contributed by atoms with van der Waals surface area (Å²) in [5.74, 6) is 1.50. The van der Waals surface area contributed by atoms with Gasteiger partial charge in [0.2, 0.25) is 0 Å².